The molecule has 2 unspecified atom stereocenters. The lowest BCUT2D eigenvalue weighted by molar-refractivity contribution is -0.137. The van der Waals surface area contributed by atoms with Crippen molar-refractivity contribution in [1.82, 2.24) is 5.32 Å². The topological polar surface area (TPSA) is 139 Å². The van der Waals surface area contributed by atoms with Gasteiger partial charge in [0.05, 0.1) is 12.7 Å². The molecule has 2 atom stereocenters. The Morgan fingerprint density at radius 3 is 2.50 bits per heavy atom. The summed E-state index contributed by atoms with van der Waals surface area (Å²) in [6.45, 7) is 0. The molecule has 0 fully saturated rings. The molecule has 7 nitrogen and oxygen atoms in total. The lowest BCUT2D eigenvalue weighted by atomic mass is 10.0. The average molecular weight is 381 g/mol. The Morgan fingerprint density at radius 1 is 1.31 bits per heavy atom. The number of nitrogens with one attached hydrogen (secondary N) is 2. The van der Waals surface area contributed by atoms with Gasteiger partial charge in [0.15, 0.2) is 0 Å². The minimum absolute atomic E-state index is 0.0380. The van der Waals surface area contributed by atoms with Crippen LogP contribution in [0, 0.1) is 5.41 Å². The van der Waals surface area contributed by atoms with E-state index in [0.29, 0.717) is 30.6 Å². The monoisotopic (exact) mass is 381 g/mol. The molecular formula is C18H27N3O4S. The van der Waals surface area contributed by atoms with Crippen LogP contribution in [0.25, 0.3) is 0 Å². The van der Waals surface area contributed by atoms with E-state index in [1.807, 2.05) is 12.1 Å². The van der Waals surface area contributed by atoms with Gasteiger partial charge in [-0.15, -0.1) is 0 Å². The number of carbonyl (C=O) groups excluding carboxylic acids is 1. The summed E-state index contributed by atoms with van der Waals surface area (Å²) in [5.41, 5.74) is 7.21. The van der Waals surface area contributed by atoms with Crippen LogP contribution in [0.2, 0.25) is 0 Å². The Hall–Kier alpha value is -2.06. The van der Waals surface area contributed by atoms with Gasteiger partial charge < -0.3 is 20.7 Å². The first-order chi connectivity index (χ1) is 12.3. The quantitative estimate of drug-likeness (QED) is 0.188. The lowest BCUT2D eigenvalue weighted by Gasteiger charge is -2.17. The predicted octanol–water partition coefficient (Wildman–Crippen LogP) is 1.41. The Bertz CT molecular complexity index is 605. The molecule has 1 rings (SSSR count). The molecule has 5 N–H and O–H groups in total. The maximum Gasteiger partial charge on any atom is 0.305 e. The minimum atomic E-state index is -1.01. The number of amidine groups is 1. The third-order valence-electron chi connectivity index (χ3n) is 3.92. The van der Waals surface area contributed by atoms with Gasteiger partial charge in [-0.05, 0) is 24.8 Å². The fourth-order valence-electron chi connectivity index (χ4n) is 2.51. The van der Waals surface area contributed by atoms with Crippen LogP contribution in [0.4, 0.5) is 0 Å². The zero-order valence-corrected chi connectivity index (χ0v) is 15.8. The third-order valence-corrected chi connectivity index (χ3v) is 4.73. The molecule has 26 heavy (non-hydrogen) atoms. The van der Waals surface area contributed by atoms with Crippen molar-refractivity contribution in [2.75, 3.05) is 12.0 Å². The van der Waals surface area contributed by atoms with Crippen LogP contribution in [0.1, 0.15) is 43.2 Å². The highest BCUT2D eigenvalue weighted by Crippen LogP contribution is 2.09. The molecule has 0 aliphatic rings. The van der Waals surface area contributed by atoms with E-state index in [2.05, 4.69) is 5.32 Å². The van der Waals surface area contributed by atoms with Crippen LogP contribution in [0.3, 0.4) is 0 Å². The number of nitrogen functional groups attached to an aromatic ring is 1. The summed E-state index contributed by atoms with van der Waals surface area (Å²) in [5, 5.41) is 19.0. The standard InChI is InChI=1S/C18H27N3O4S/c1-26(25)11-10-15(12-17(23)24)21-16(22)5-3-2-4-13-6-8-14(9-7-13)18(19)20/h6-9,15H,2-5,10-12H2,1H3,(H3,19,20)(H,21,22)(H,23,24). The molecule has 0 radical (unpaired) electrons. The summed E-state index contributed by atoms with van der Waals surface area (Å²) in [6, 6.07) is 6.97. The molecule has 0 aliphatic carbocycles. The van der Waals surface area contributed by atoms with Gasteiger partial charge in [0.25, 0.3) is 0 Å². The van der Waals surface area contributed by atoms with E-state index in [1.165, 1.54) is 0 Å². The van der Waals surface area contributed by atoms with Gasteiger partial charge >= 0.3 is 5.97 Å². The normalized spacial score (nSPS) is 13.0. The SMILES string of the molecule is C[S+]([O-])CCC(CC(=O)O)NC(=O)CCCCc1ccc(C(=N)N)cc1. The van der Waals surface area contributed by atoms with Crippen molar-refractivity contribution in [3.8, 4) is 0 Å². The first kappa shape index (κ1) is 22.0. The molecule has 0 bridgehead atoms. The van der Waals surface area contributed by atoms with Crippen LogP contribution < -0.4 is 11.1 Å². The molecule has 0 heterocycles. The van der Waals surface area contributed by atoms with E-state index in [-0.39, 0.29) is 18.2 Å². The Labute approximate surface area is 157 Å². The Morgan fingerprint density at radius 2 is 1.96 bits per heavy atom. The number of carbonyl (C=O) groups is 2. The largest absolute Gasteiger partial charge is 0.617 e. The van der Waals surface area contributed by atoms with Crippen molar-refractivity contribution in [2.24, 2.45) is 5.73 Å². The van der Waals surface area contributed by atoms with E-state index >= 15 is 0 Å². The van der Waals surface area contributed by atoms with Gasteiger partial charge in [-0.25, -0.2) is 0 Å². The van der Waals surface area contributed by atoms with E-state index in [1.54, 1.807) is 18.4 Å². The maximum atomic E-state index is 12.0. The van der Waals surface area contributed by atoms with Crippen LogP contribution in [0.5, 0.6) is 0 Å². The van der Waals surface area contributed by atoms with E-state index in [0.717, 1.165) is 18.4 Å². The summed E-state index contributed by atoms with van der Waals surface area (Å²) in [6.07, 6.45) is 4.46. The summed E-state index contributed by atoms with van der Waals surface area (Å²) >= 11 is -1.01. The molecule has 1 aromatic carbocycles. The minimum Gasteiger partial charge on any atom is -0.617 e. The second kappa shape index (κ2) is 11.5. The summed E-state index contributed by atoms with van der Waals surface area (Å²) in [7, 11) is 0. The number of unbranched alkanes of at least 4 members (excludes halogenated alkanes) is 1. The van der Waals surface area contributed by atoms with Gasteiger partial charge in [-0.3, -0.25) is 15.0 Å². The summed E-state index contributed by atoms with van der Waals surface area (Å²) < 4.78 is 11.2. The third kappa shape index (κ3) is 9.43. The molecule has 0 aliphatic heterocycles. The van der Waals surface area contributed by atoms with Crippen LogP contribution >= 0.6 is 0 Å². The number of aryl methyl sites for hydroxylation is 1. The van der Waals surface area contributed by atoms with E-state index in [4.69, 9.17) is 16.2 Å². The molecule has 0 spiro atoms. The molecule has 1 aromatic rings. The number of hydrogen-bond donors (Lipinski definition) is 4. The number of benzene rings is 1. The summed E-state index contributed by atoms with van der Waals surface area (Å²) in [4.78, 5) is 22.9. The number of rotatable bonds is 12. The number of aliphatic carboxylic acids is 1. The smallest absolute Gasteiger partial charge is 0.305 e. The second-order valence-electron chi connectivity index (χ2n) is 6.25. The molecule has 8 heteroatoms. The first-order valence-corrected chi connectivity index (χ1v) is 10.2. The molecule has 0 saturated heterocycles. The number of nitrogens with two attached hydrogens (primary N) is 1. The second-order valence-corrected chi connectivity index (χ2v) is 7.80. The fourth-order valence-corrected chi connectivity index (χ4v) is 3.13. The molecule has 1 amide bonds. The number of hydrogen-bond acceptors (Lipinski definition) is 4. The fraction of sp³-hybridized carbons (Fsp3) is 0.500. The van der Waals surface area contributed by atoms with Gasteiger partial charge in [0.1, 0.15) is 11.6 Å². The van der Waals surface area contributed by atoms with Crippen molar-refractivity contribution < 1.29 is 19.2 Å². The van der Waals surface area contributed by atoms with Crippen molar-refractivity contribution in [2.45, 2.75) is 44.6 Å². The predicted molar refractivity (Wildman–Crippen MR) is 103 cm³/mol. The van der Waals surface area contributed by atoms with Gasteiger partial charge in [0, 0.05) is 24.4 Å². The average Bonchev–Trinajstić information content (AvgIpc) is 2.56. The number of carboxylic acids is 1. The van der Waals surface area contributed by atoms with Crippen LogP contribution in [-0.2, 0) is 27.2 Å². The maximum absolute atomic E-state index is 12.0. The van der Waals surface area contributed by atoms with Crippen LogP contribution in [-0.4, -0.2) is 45.4 Å². The van der Waals surface area contributed by atoms with Crippen LogP contribution in [0.15, 0.2) is 24.3 Å². The zero-order valence-electron chi connectivity index (χ0n) is 15.0. The van der Waals surface area contributed by atoms with Gasteiger partial charge in [-0.2, -0.15) is 0 Å². The highest BCUT2D eigenvalue weighted by molar-refractivity contribution is 7.90. The molecule has 0 saturated carbocycles. The Balaban J connectivity index is 2.32. The highest BCUT2D eigenvalue weighted by atomic mass is 32.2. The Kier molecular flexibility index (Phi) is 9.75. The molecule has 144 valence electrons. The highest BCUT2D eigenvalue weighted by Gasteiger charge is 2.17. The zero-order chi connectivity index (χ0) is 19.5. The van der Waals surface area contributed by atoms with Crippen molar-refractivity contribution in [3.05, 3.63) is 35.4 Å². The van der Waals surface area contributed by atoms with Crippen molar-refractivity contribution in [1.29, 1.82) is 5.41 Å². The van der Waals surface area contributed by atoms with Crippen molar-refractivity contribution in [3.63, 3.8) is 0 Å². The van der Waals surface area contributed by atoms with Gasteiger partial charge in [0.2, 0.25) is 5.91 Å². The number of amides is 1. The lowest BCUT2D eigenvalue weighted by Crippen LogP contribution is -2.37. The van der Waals surface area contributed by atoms with Gasteiger partial charge in [-0.1, -0.05) is 35.4 Å². The summed E-state index contributed by atoms with van der Waals surface area (Å²) in [5.74, 6) is -0.749. The van der Waals surface area contributed by atoms with E-state index in [9.17, 15) is 14.1 Å². The number of carboxylic acid groups (broad SMARTS) is 1. The molecule has 0 aromatic heterocycles. The first-order valence-electron chi connectivity index (χ1n) is 8.52. The van der Waals surface area contributed by atoms with E-state index < -0.39 is 23.2 Å². The molecular weight excluding hydrogens is 354 g/mol. The van der Waals surface area contributed by atoms with Crippen molar-refractivity contribution >= 4 is 28.9 Å².